The molecule has 0 radical (unpaired) electrons. The summed E-state index contributed by atoms with van der Waals surface area (Å²) in [5.41, 5.74) is 0.790. The Balaban J connectivity index is 1.77. The largest absolute Gasteiger partial charge is 0.383 e. The summed E-state index contributed by atoms with van der Waals surface area (Å²) in [5, 5.41) is 6.00. The maximum absolute atomic E-state index is 12.8. The van der Waals surface area contributed by atoms with Gasteiger partial charge in [-0.3, -0.25) is 14.2 Å². The molecule has 2 aromatic rings. The van der Waals surface area contributed by atoms with E-state index in [-0.39, 0.29) is 17.2 Å². The Morgan fingerprint density at radius 3 is 3.12 bits per heavy atom. The zero-order valence-electron chi connectivity index (χ0n) is 13.9. The van der Waals surface area contributed by atoms with E-state index >= 15 is 0 Å². The van der Waals surface area contributed by atoms with E-state index in [0.717, 1.165) is 17.0 Å². The number of hydrogen-bond donors (Lipinski definition) is 1. The minimum absolute atomic E-state index is 0.0424. The fourth-order valence-electron chi connectivity index (χ4n) is 2.39. The number of thioether (sulfide) groups is 2. The van der Waals surface area contributed by atoms with E-state index in [2.05, 4.69) is 22.2 Å². The van der Waals surface area contributed by atoms with Crippen LogP contribution in [-0.4, -0.2) is 45.2 Å². The lowest BCUT2D eigenvalue weighted by atomic mass is 10.2. The number of nitrogens with one attached hydrogen (secondary N) is 1. The molecule has 2 aromatic heterocycles. The molecule has 25 heavy (non-hydrogen) atoms. The first-order chi connectivity index (χ1) is 12.1. The van der Waals surface area contributed by atoms with Crippen LogP contribution in [0.2, 0.25) is 0 Å². The molecule has 0 aliphatic carbocycles. The maximum atomic E-state index is 12.8. The Labute approximate surface area is 157 Å². The monoisotopic (exact) mass is 398 g/mol. The third kappa shape index (κ3) is 4.43. The highest BCUT2D eigenvalue weighted by Crippen LogP contribution is 2.34. The number of nitrogens with zero attached hydrogens (tertiary/aromatic N) is 3. The van der Waals surface area contributed by atoms with E-state index in [0.29, 0.717) is 28.7 Å². The summed E-state index contributed by atoms with van der Waals surface area (Å²) >= 11 is 4.19. The minimum atomic E-state index is -0.171. The fourth-order valence-corrected chi connectivity index (χ4v) is 4.89. The number of methoxy groups -OCH3 is 1. The predicted octanol–water partition coefficient (Wildman–Crippen LogP) is 2.11. The van der Waals surface area contributed by atoms with Crippen LogP contribution in [0, 0.1) is 0 Å². The normalized spacial score (nSPS) is 16.0. The van der Waals surface area contributed by atoms with Gasteiger partial charge >= 0.3 is 0 Å². The fraction of sp³-hybridized carbons (Fsp3) is 0.467. The number of amides is 1. The van der Waals surface area contributed by atoms with Crippen molar-refractivity contribution in [1.82, 2.24) is 14.5 Å². The van der Waals surface area contributed by atoms with Crippen LogP contribution in [0.1, 0.15) is 12.6 Å². The van der Waals surface area contributed by atoms with E-state index in [1.807, 2.05) is 0 Å². The van der Waals surface area contributed by atoms with Crippen molar-refractivity contribution in [2.45, 2.75) is 35.2 Å². The lowest BCUT2D eigenvalue weighted by molar-refractivity contribution is -0.113. The SMILES string of the molecule is COCCn1c(SCC(=O)Nc2nccs2)nc2c(c1=O)S[C@@H](C)C2. The molecule has 3 rings (SSSR count). The van der Waals surface area contributed by atoms with Crippen LogP contribution in [0.3, 0.4) is 0 Å². The van der Waals surface area contributed by atoms with Gasteiger partial charge in [0.2, 0.25) is 5.91 Å². The van der Waals surface area contributed by atoms with Gasteiger partial charge in [-0.1, -0.05) is 18.7 Å². The molecule has 3 heterocycles. The van der Waals surface area contributed by atoms with Gasteiger partial charge in [-0.15, -0.1) is 23.1 Å². The molecule has 134 valence electrons. The highest BCUT2D eigenvalue weighted by molar-refractivity contribution is 8.00. The molecule has 0 saturated heterocycles. The van der Waals surface area contributed by atoms with Gasteiger partial charge in [-0.25, -0.2) is 9.97 Å². The minimum Gasteiger partial charge on any atom is -0.383 e. The van der Waals surface area contributed by atoms with Crippen LogP contribution in [0.5, 0.6) is 0 Å². The van der Waals surface area contributed by atoms with E-state index in [9.17, 15) is 9.59 Å². The van der Waals surface area contributed by atoms with Crippen LogP contribution in [0.4, 0.5) is 5.13 Å². The average Bonchev–Trinajstić information content (AvgIpc) is 3.21. The Kier molecular flexibility index (Phi) is 6.15. The first-order valence-corrected chi connectivity index (χ1v) is 10.4. The summed E-state index contributed by atoms with van der Waals surface area (Å²) in [4.78, 5) is 34.2. The molecule has 0 fully saturated rings. The molecule has 1 aliphatic rings. The number of fused-ring (bicyclic) bond motifs is 1. The smallest absolute Gasteiger partial charge is 0.268 e. The van der Waals surface area contributed by atoms with Gasteiger partial charge < -0.3 is 10.1 Å². The Bertz CT molecular complexity index is 807. The van der Waals surface area contributed by atoms with Gasteiger partial charge in [-0.2, -0.15) is 0 Å². The van der Waals surface area contributed by atoms with Crippen LogP contribution < -0.4 is 10.9 Å². The van der Waals surface area contributed by atoms with Gasteiger partial charge in [0.05, 0.1) is 29.5 Å². The average molecular weight is 399 g/mol. The molecule has 0 aromatic carbocycles. The molecular formula is C15H18N4O3S3. The van der Waals surface area contributed by atoms with Crippen LogP contribution in [-0.2, 0) is 22.5 Å². The summed E-state index contributed by atoms with van der Waals surface area (Å²) in [7, 11) is 1.59. The highest BCUT2D eigenvalue weighted by atomic mass is 32.2. The Morgan fingerprint density at radius 1 is 1.56 bits per heavy atom. The van der Waals surface area contributed by atoms with Crippen molar-refractivity contribution in [3.8, 4) is 0 Å². The number of rotatable bonds is 7. The van der Waals surface area contributed by atoms with E-state index in [1.165, 1.54) is 23.1 Å². The van der Waals surface area contributed by atoms with Crippen LogP contribution in [0.25, 0.3) is 0 Å². The first-order valence-electron chi connectivity index (χ1n) is 7.70. The molecule has 7 nitrogen and oxygen atoms in total. The van der Waals surface area contributed by atoms with Gasteiger partial charge in [-0.05, 0) is 0 Å². The molecule has 1 aliphatic heterocycles. The number of thiazole rings is 1. The lowest BCUT2D eigenvalue weighted by Crippen LogP contribution is -2.27. The number of ether oxygens (including phenoxy) is 1. The van der Waals surface area contributed by atoms with Gasteiger partial charge in [0, 0.05) is 30.4 Å². The zero-order chi connectivity index (χ0) is 17.8. The van der Waals surface area contributed by atoms with Crippen molar-refractivity contribution in [2.75, 3.05) is 24.8 Å². The van der Waals surface area contributed by atoms with Gasteiger partial charge in [0.15, 0.2) is 10.3 Å². The van der Waals surface area contributed by atoms with Gasteiger partial charge in [0.25, 0.3) is 5.56 Å². The number of anilines is 1. The number of hydrogen-bond acceptors (Lipinski definition) is 8. The molecule has 0 bridgehead atoms. The summed E-state index contributed by atoms with van der Waals surface area (Å²) in [6.07, 6.45) is 2.41. The van der Waals surface area contributed by atoms with Crippen LogP contribution >= 0.6 is 34.9 Å². The molecule has 1 amide bonds. The van der Waals surface area contributed by atoms with Crippen molar-refractivity contribution in [3.63, 3.8) is 0 Å². The van der Waals surface area contributed by atoms with Crippen molar-refractivity contribution >= 4 is 45.9 Å². The number of carbonyl (C=O) groups excluding carboxylic acids is 1. The topological polar surface area (TPSA) is 86.1 Å². The van der Waals surface area contributed by atoms with Crippen molar-refractivity contribution in [3.05, 3.63) is 27.6 Å². The van der Waals surface area contributed by atoms with Crippen molar-refractivity contribution in [2.24, 2.45) is 0 Å². The Hall–Kier alpha value is -1.36. The molecule has 0 saturated carbocycles. The standard InChI is InChI=1S/C15H18N4O3S3/c1-9-7-10-12(25-9)13(21)19(4-5-22-2)15(17-10)24-8-11(20)18-14-16-3-6-23-14/h3,6,9H,4-5,7-8H2,1-2H3,(H,16,18,20)/t9-/m0/s1. The van der Waals surface area contributed by atoms with Gasteiger partial charge in [0.1, 0.15) is 0 Å². The van der Waals surface area contributed by atoms with E-state index in [4.69, 9.17) is 4.74 Å². The van der Waals surface area contributed by atoms with E-state index in [1.54, 1.807) is 35.0 Å². The van der Waals surface area contributed by atoms with Crippen molar-refractivity contribution in [1.29, 1.82) is 0 Å². The van der Waals surface area contributed by atoms with Crippen LogP contribution in [0.15, 0.2) is 26.4 Å². The number of aromatic nitrogens is 3. The summed E-state index contributed by atoms with van der Waals surface area (Å²) in [5.74, 6) is -0.00347. The van der Waals surface area contributed by atoms with Crippen molar-refractivity contribution < 1.29 is 9.53 Å². The summed E-state index contributed by atoms with van der Waals surface area (Å²) < 4.78 is 6.71. The maximum Gasteiger partial charge on any atom is 0.268 e. The van der Waals surface area contributed by atoms with E-state index < -0.39 is 0 Å². The summed E-state index contributed by atoms with van der Waals surface area (Å²) in [6.45, 7) is 2.92. The molecule has 10 heteroatoms. The second kappa shape index (κ2) is 8.35. The first kappa shape index (κ1) is 18.4. The second-order valence-corrected chi connectivity index (χ2v) is 8.71. The predicted molar refractivity (Wildman–Crippen MR) is 101 cm³/mol. The summed E-state index contributed by atoms with van der Waals surface area (Å²) in [6, 6.07) is 0. The molecule has 0 unspecified atom stereocenters. The second-order valence-electron chi connectivity index (χ2n) is 5.43. The third-order valence-corrected chi connectivity index (χ3v) is 6.37. The molecular weight excluding hydrogens is 380 g/mol. The molecule has 0 spiro atoms. The number of carbonyl (C=O) groups is 1. The third-order valence-electron chi connectivity index (χ3n) is 3.49. The highest BCUT2D eigenvalue weighted by Gasteiger charge is 2.26. The lowest BCUT2D eigenvalue weighted by Gasteiger charge is -2.13. The molecule has 1 atom stereocenters. The quantitative estimate of drug-likeness (QED) is 0.565. The molecule has 1 N–H and O–H groups in total. The zero-order valence-corrected chi connectivity index (χ0v) is 16.3. The Morgan fingerprint density at radius 2 is 2.40 bits per heavy atom.